The summed E-state index contributed by atoms with van der Waals surface area (Å²) in [6.45, 7) is 9.37. The Bertz CT molecular complexity index is 885. The number of carbonyl (C=O) groups excluding carboxylic acids is 2. The Morgan fingerprint density at radius 3 is 1.63 bits per heavy atom. The lowest BCUT2D eigenvalue weighted by Gasteiger charge is -2.41. The van der Waals surface area contributed by atoms with Crippen molar-refractivity contribution in [3.63, 3.8) is 0 Å². The van der Waals surface area contributed by atoms with Gasteiger partial charge in [-0.05, 0) is 119 Å². The topological polar surface area (TPSA) is 82.1 Å². The van der Waals surface area contributed by atoms with Gasteiger partial charge in [0.15, 0.2) is 0 Å². The van der Waals surface area contributed by atoms with Crippen molar-refractivity contribution in [3.05, 3.63) is 36.5 Å². The quantitative estimate of drug-likeness (QED) is 0.104. The zero-order valence-corrected chi connectivity index (χ0v) is 27.2. The van der Waals surface area contributed by atoms with E-state index >= 15 is 0 Å². The van der Waals surface area contributed by atoms with Crippen LogP contribution in [0.4, 0.5) is 0 Å². The first-order valence-electron chi connectivity index (χ1n) is 17.2. The van der Waals surface area contributed by atoms with Gasteiger partial charge in [-0.25, -0.2) is 9.59 Å². The predicted octanol–water partition coefficient (Wildman–Crippen LogP) is 8.00. The first kappa shape index (κ1) is 35.6. The summed E-state index contributed by atoms with van der Waals surface area (Å²) >= 11 is 0. The van der Waals surface area contributed by atoms with Crippen molar-refractivity contribution in [1.82, 2.24) is 0 Å². The maximum Gasteiger partial charge on any atom is 0.335 e. The molecule has 6 nitrogen and oxygen atoms in total. The number of hydrogen-bond donors (Lipinski definition) is 1. The highest BCUT2D eigenvalue weighted by molar-refractivity contribution is 5.88. The van der Waals surface area contributed by atoms with Crippen LogP contribution in [0.15, 0.2) is 36.5 Å². The van der Waals surface area contributed by atoms with Gasteiger partial charge >= 0.3 is 11.9 Å². The van der Waals surface area contributed by atoms with Gasteiger partial charge in [-0.2, -0.15) is 0 Å². The summed E-state index contributed by atoms with van der Waals surface area (Å²) in [5.41, 5.74) is 0.293. The molecule has 3 aliphatic rings. The molecule has 0 aliphatic heterocycles. The van der Waals surface area contributed by atoms with E-state index < -0.39 is 18.5 Å². The number of methoxy groups -OCH3 is 1. The Hall–Kier alpha value is -1.92. The largest absolute Gasteiger partial charge is 0.462 e. The second-order valence-electron chi connectivity index (χ2n) is 13.8. The Balaban J connectivity index is 1.36. The molecule has 6 heteroatoms. The summed E-state index contributed by atoms with van der Waals surface area (Å²) in [5.74, 6) is 4.20. The molecule has 3 fully saturated rings. The van der Waals surface area contributed by atoms with Crippen LogP contribution >= 0.6 is 0 Å². The van der Waals surface area contributed by atoms with Gasteiger partial charge in [-0.15, -0.1) is 0 Å². The predicted molar refractivity (Wildman–Crippen MR) is 172 cm³/mol. The van der Waals surface area contributed by atoms with Crippen molar-refractivity contribution in [2.24, 2.45) is 41.4 Å². The Morgan fingerprint density at radius 2 is 1.19 bits per heavy atom. The van der Waals surface area contributed by atoms with Gasteiger partial charge in [0, 0.05) is 13.0 Å². The Kier molecular flexibility index (Phi) is 16.1. The molecule has 0 amide bonds. The van der Waals surface area contributed by atoms with Crippen LogP contribution in [0.25, 0.3) is 0 Å². The van der Waals surface area contributed by atoms with Crippen LogP contribution in [-0.2, 0) is 23.8 Å². The molecule has 0 aromatic rings. The first-order valence-corrected chi connectivity index (χ1v) is 17.2. The van der Waals surface area contributed by atoms with Gasteiger partial charge in [0.25, 0.3) is 0 Å². The summed E-state index contributed by atoms with van der Waals surface area (Å²) < 4.78 is 15.8. The molecule has 0 bridgehead atoms. The van der Waals surface area contributed by atoms with Gasteiger partial charge in [0.2, 0.25) is 0 Å². The Morgan fingerprint density at radius 1 is 0.744 bits per heavy atom. The molecule has 0 saturated heterocycles. The molecule has 1 N–H and O–H groups in total. The lowest BCUT2D eigenvalue weighted by atomic mass is 9.64. The number of aliphatic hydroxyl groups is 1. The van der Waals surface area contributed by atoms with Gasteiger partial charge in [0.05, 0.1) is 37.6 Å². The number of ether oxygens (including phenoxy) is 3. The first-order chi connectivity index (χ1) is 20.8. The molecule has 0 heterocycles. The summed E-state index contributed by atoms with van der Waals surface area (Å²) in [4.78, 5) is 24.3. The number of carbonyl (C=O) groups is 2. The van der Waals surface area contributed by atoms with E-state index in [0.29, 0.717) is 5.92 Å². The zero-order chi connectivity index (χ0) is 31.0. The molecule has 1 unspecified atom stereocenters. The van der Waals surface area contributed by atoms with Crippen LogP contribution in [0.1, 0.15) is 110 Å². The summed E-state index contributed by atoms with van der Waals surface area (Å²) in [6, 6.07) is 0. The van der Waals surface area contributed by atoms with E-state index in [0.717, 1.165) is 42.4 Å². The van der Waals surface area contributed by atoms with E-state index in [9.17, 15) is 9.59 Å². The average molecular weight is 601 g/mol. The molecule has 244 valence electrons. The van der Waals surface area contributed by atoms with Crippen LogP contribution in [0.3, 0.4) is 0 Å². The molecule has 0 aromatic heterocycles. The fraction of sp³-hybridized carbons (Fsp3) is 0.784. The van der Waals surface area contributed by atoms with Crippen molar-refractivity contribution in [1.29, 1.82) is 0 Å². The third-order valence-corrected chi connectivity index (χ3v) is 10.9. The molecule has 3 rings (SSSR count). The summed E-state index contributed by atoms with van der Waals surface area (Å²) in [5, 5.41) is 9.17. The standard InChI is InChI=1S/C37H60O6/c1-5-6-7-8-29-11-15-32(16-12-29)34-19-21-35(22-20-34)33-17-13-30(14-18-33)9-10-31(25-42-36(39)27(2)23-38)26-43-37(40)28(3)24-41-4/h5-6,29-35,38H,2-3,7-26H2,1,4H3/b6-5+. The summed E-state index contributed by atoms with van der Waals surface area (Å²) in [6.07, 6.45) is 25.9. The minimum atomic E-state index is -0.606. The van der Waals surface area contributed by atoms with Gasteiger partial charge in [-0.1, -0.05) is 51.0 Å². The number of hydrogen-bond acceptors (Lipinski definition) is 6. The molecular formula is C37H60O6. The van der Waals surface area contributed by atoms with Gasteiger partial charge in [0.1, 0.15) is 0 Å². The molecule has 0 radical (unpaired) electrons. The van der Waals surface area contributed by atoms with Crippen LogP contribution in [-0.4, -0.2) is 50.6 Å². The highest BCUT2D eigenvalue weighted by atomic mass is 16.5. The fourth-order valence-corrected chi connectivity index (χ4v) is 8.06. The molecule has 43 heavy (non-hydrogen) atoms. The van der Waals surface area contributed by atoms with E-state index in [1.165, 1.54) is 97.0 Å². The normalized spacial score (nSPS) is 28.7. The highest BCUT2D eigenvalue weighted by Crippen LogP contribution is 2.46. The highest BCUT2D eigenvalue weighted by Gasteiger charge is 2.34. The monoisotopic (exact) mass is 600 g/mol. The maximum atomic E-state index is 12.2. The van der Waals surface area contributed by atoms with Crippen LogP contribution in [0, 0.1) is 41.4 Å². The minimum absolute atomic E-state index is 0.0274. The van der Waals surface area contributed by atoms with Crippen molar-refractivity contribution >= 4 is 11.9 Å². The van der Waals surface area contributed by atoms with Gasteiger partial charge in [-0.3, -0.25) is 0 Å². The smallest absolute Gasteiger partial charge is 0.335 e. The van der Waals surface area contributed by atoms with Crippen LogP contribution in [0.5, 0.6) is 0 Å². The molecule has 0 spiro atoms. The van der Waals surface area contributed by atoms with E-state index in [1.807, 2.05) is 0 Å². The maximum absolute atomic E-state index is 12.2. The van der Waals surface area contributed by atoms with Crippen molar-refractivity contribution in [3.8, 4) is 0 Å². The second-order valence-corrected chi connectivity index (χ2v) is 13.8. The summed E-state index contributed by atoms with van der Waals surface area (Å²) in [7, 11) is 1.51. The molecule has 3 aliphatic carbocycles. The third kappa shape index (κ3) is 12.2. The lowest BCUT2D eigenvalue weighted by molar-refractivity contribution is -0.145. The van der Waals surface area contributed by atoms with E-state index in [1.54, 1.807) is 0 Å². The average Bonchev–Trinajstić information content (AvgIpc) is 3.04. The van der Waals surface area contributed by atoms with Crippen molar-refractivity contribution in [2.45, 2.75) is 110 Å². The van der Waals surface area contributed by atoms with E-state index in [2.05, 4.69) is 32.2 Å². The minimum Gasteiger partial charge on any atom is -0.462 e. The molecular weight excluding hydrogens is 540 g/mol. The zero-order valence-electron chi connectivity index (χ0n) is 27.2. The van der Waals surface area contributed by atoms with Crippen molar-refractivity contribution < 1.29 is 28.9 Å². The molecule has 3 saturated carbocycles. The SMILES string of the molecule is C=C(CO)C(=O)OCC(CCC1CCC(C2CCC(C3CCC(CC/C=C/C)CC3)CC2)CC1)COC(=O)C(=C)COC. The van der Waals surface area contributed by atoms with E-state index in [4.69, 9.17) is 19.3 Å². The number of allylic oxidation sites excluding steroid dienone is 2. The van der Waals surface area contributed by atoms with Crippen LogP contribution < -0.4 is 0 Å². The number of aliphatic hydroxyl groups excluding tert-OH is 1. The van der Waals surface area contributed by atoms with Crippen LogP contribution in [0.2, 0.25) is 0 Å². The molecule has 0 aromatic carbocycles. The third-order valence-electron chi connectivity index (χ3n) is 10.9. The molecule has 1 atom stereocenters. The Labute approximate surface area is 261 Å². The van der Waals surface area contributed by atoms with E-state index in [-0.39, 0.29) is 36.9 Å². The number of rotatable bonds is 17. The second kappa shape index (κ2) is 19.5. The fourth-order valence-electron chi connectivity index (χ4n) is 8.06. The van der Waals surface area contributed by atoms with Gasteiger partial charge < -0.3 is 19.3 Å². The lowest BCUT2D eigenvalue weighted by Crippen LogP contribution is -2.30. The van der Waals surface area contributed by atoms with Crippen molar-refractivity contribution in [2.75, 3.05) is 33.5 Å². The number of esters is 2.